The third kappa shape index (κ3) is 2.30. The molecule has 0 unspecified atom stereocenters. The Kier molecular flexibility index (Phi) is 3.04. The van der Waals surface area contributed by atoms with E-state index in [1.54, 1.807) is 0 Å². The fraction of sp³-hybridized carbons (Fsp3) is 0.500. The molecule has 0 aliphatic heterocycles. The van der Waals surface area contributed by atoms with E-state index < -0.39 is 0 Å². The maximum atomic E-state index is 5.37. The first-order chi connectivity index (χ1) is 9.50. The Morgan fingerprint density at radius 2 is 1.85 bits per heavy atom. The van der Waals surface area contributed by atoms with Gasteiger partial charge in [0, 0.05) is 5.54 Å². The molecule has 2 aromatic rings. The summed E-state index contributed by atoms with van der Waals surface area (Å²) in [5, 5.41) is 7.46. The number of aromatic nitrogens is 2. The van der Waals surface area contributed by atoms with Crippen LogP contribution in [0.25, 0.3) is 0 Å². The summed E-state index contributed by atoms with van der Waals surface area (Å²) in [6, 6.07) is 11.0. The summed E-state index contributed by atoms with van der Waals surface area (Å²) >= 11 is 0. The first kappa shape index (κ1) is 13.2. The second-order valence-corrected chi connectivity index (χ2v) is 6.60. The zero-order valence-corrected chi connectivity index (χ0v) is 12.3. The molecule has 0 amide bonds. The molecule has 106 valence electrons. The summed E-state index contributed by atoms with van der Waals surface area (Å²) in [6.07, 6.45) is 3.39. The van der Waals surface area contributed by atoms with Crippen LogP contribution in [0, 0.1) is 0 Å². The average Bonchev–Trinajstić information content (AvgIpc) is 2.75. The van der Waals surface area contributed by atoms with E-state index in [4.69, 9.17) is 4.52 Å². The normalized spacial score (nSPS) is 17.6. The lowest BCUT2D eigenvalue weighted by Gasteiger charge is -2.39. The topological polar surface area (TPSA) is 51.0 Å². The molecule has 0 spiro atoms. The Bertz CT molecular complexity index is 579. The van der Waals surface area contributed by atoms with Gasteiger partial charge in [0.15, 0.2) is 5.82 Å². The molecule has 0 bridgehead atoms. The number of nitrogens with one attached hydrogen (secondary N) is 1. The summed E-state index contributed by atoms with van der Waals surface area (Å²) in [5.74, 6) is 0.807. The Morgan fingerprint density at radius 3 is 2.40 bits per heavy atom. The van der Waals surface area contributed by atoms with Crippen molar-refractivity contribution in [1.82, 2.24) is 10.1 Å². The minimum absolute atomic E-state index is 0.0530. The monoisotopic (exact) mass is 271 g/mol. The van der Waals surface area contributed by atoms with E-state index in [-0.39, 0.29) is 11.0 Å². The number of rotatable bonds is 3. The first-order valence-electron chi connectivity index (χ1n) is 7.18. The Labute approximate surface area is 119 Å². The van der Waals surface area contributed by atoms with Crippen molar-refractivity contribution in [2.24, 2.45) is 0 Å². The number of benzene rings is 1. The van der Waals surface area contributed by atoms with E-state index >= 15 is 0 Å². The van der Waals surface area contributed by atoms with Crippen LogP contribution >= 0.6 is 0 Å². The van der Waals surface area contributed by atoms with Gasteiger partial charge in [-0.05, 0) is 39.2 Å². The molecule has 1 fully saturated rings. The quantitative estimate of drug-likeness (QED) is 0.923. The van der Waals surface area contributed by atoms with E-state index in [0.29, 0.717) is 6.01 Å². The zero-order valence-electron chi connectivity index (χ0n) is 12.3. The number of hydrogen-bond acceptors (Lipinski definition) is 4. The Morgan fingerprint density at radius 1 is 1.15 bits per heavy atom. The van der Waals surface area contributed by atoms with Gasteiger partial charge >= 0.3 is 6.01 Å². The fourth-order valence-corrected chi connectivity index (χ4v) is 2.72. The SMILES string of the molecule is CC(C)(C)Nc1nc(C2(c3ccccc3)CCC2)no1. The molecule has 1 N–H and O–H groups in total. The standard InChI is InChI=1S/C16H21N3O/c1-15(2,3)18-14-17-13(19-20-14)16(10-7-11-16)12-8-5-4-6-9-12/h4-6,8-9H,7,10-11H2,1-3H3,(H,17,18,19). The van der Waals surface area contributed by atoms with Gasteiger partial charge < -0.3 is 9.84 Å². The van der Waals surface area contributed by atoms with Gasteiger partial charge in [-0.1, -0.05) is 41.9 Å². The van der Waals surface area contributed by atoms with Gasteiger partial charge in [0.25, 0.3) is 0 Å². The molecule has 0 saturated heterocycles. The lowest BCUT2D eigenvalue weighted by atomic mass is 9.64. The predicted octanol–water partition coefficient (Wildman–Crippen LogP) is 3.75. The lowest BCUT2D eigenvalue weighted by Crippen LogP contribution is -2.36. The van der Waals surface area contributed by atoms with Crippen molar-refractivity contribution in [2.75, 3.05) is 5.32 Å². The minimum atomic E-state index is -0.0800. The molecule has 3 rings (SSSR count). The predicted molar refractivity (Wildman–Crippen MR) is 78.7 cm³/mol. The average molecular weight is 271 g/mol. The molecule has 1 aromatic carbocycles. The van der Waals surface area contributed by atoms with Crippen LogP contribution in [-0.2, 0) is 5.41 Å². The molecule has 1 saturated carbocycles. The number of nitrogens with zero attached hydrogens (tertiary/aromatic N) is 2. The molecule has 4 heteroatoms. The van der Waals surface area contributed by atoms with E-state index in [1.807, 2.05) is 6.07 Å². The van der Waals surface area contributed by atoms with Crippen molar-refractivity contribution in [3.05, 3.63) is 41.7 Å². The van der Waals surface area contributed by atoms with Crippen LogP contribution in [0.5, 0.6) is 0 Å². The van der Waals surface area contributed by atoms with Crippen LogP contribution in [0.4, 0.5) is 6.01 Å². The molecule has 1 aliphatic carbocycles. The molecule has 1 heterocycles. The smallest absolute Gasteiger partial charge is 0.321 e. The molecule has 20 heavy (non-hydrogen) atoms. The van der Waals surface area contributed by atoms with Crippen LogP contribution in [0.1, 0.15) is 51.4 Å². The largest absolute Gasteiger partial charge is 0.333 e. The molecular weight excluding hydrogens is 250 g/mol. The summed E-state index contributed by atoms with van der Waals surface area (Å²) < 4.78 is 5.37. The molecule has 4 nitrogen and oxygen atoms in total. The summed E-state index contributed by atoms with van der Waals surface area (Å²) in [6.45, 7) is 6.23. The van der Waals surface area contributed by atoms with Crippen LogP contribution in [-0.4, -0.2) is 15.7 Å². The fourth-order valence-electron chi connectivity index (χ4n) is 2.72. The third-order valence-electron chi connectivity index (χ3n) is 3.87. The highest BCUT2D eigenvalue weighted by molar-refractivity contribution is 5.37. The van der Waals surface area contributed by atoms with Gasteiger partial charge in [0.2, 0.25) is 0 Å². The minimum Gasteiger partial charge on any atom is -0.333 e. The van der Waals surface area contributed by atoms with Gasteiger partial charge in [-0.2, -0.15) is 4.98 Å². The number of hydrogen-bond donors (Lipinski definition) is 1. The molecule has 0 radical (unpaired) electrons. The second-order valence-electron chi connectivity index (χ2n) is 6.60. The molecule has 1 aromatic heterocycles. The molecular formula is C16H21N3O. The van der Waals surface area contributed by atoms with Crippen LogP contribution in [0.3, 0.4) is 0 Å². The van der Waals surface area contributed by atoms with Crippen molar-refractivity contribution in [2.45, 2.75) is 51.0 Å². The van der Waals surface area contributed by atoms with Gasteiger partial charge in [0.1, 0.15) is 0 Å². The van der Waals surface area contributed by atoms with Gasteiger partial charge in [0.05, 0.1) is 5.41 Å². The first-order valence-corrected chi connectivity index (χ1v) is 7.18. The molecule has 1 aliphatic rings. The van der Waals surface area contributed by atoms with E-state index in [0.717, 1.165) is 18.7 Å². The van der Waals surface area contributed by atoms with Crippen molar-refractivity contribution in [3.63, 3.8) is 0 Å². The van der Waals surface area contributed by atoms with E-state index in [2.05, 4.69) is 60.5 Å². The van der Waals surface area contributed by atoms with Crippen LogP contribution in [0.2, 0.25) is 0 Å². The third-order valence-corrected chi connectivity index (χ3v) is 3.87. The van der Waals surface area contributed by atoms with Gasteiger partial charge in [-0.3, -0.25) is 0 Å². The highest BCUT2D eigenvalue weighted by Gasteiger charge is 2.44. The van der Waals surface area contributed by atoms with Crippen molar-refractivity contribution < 1.29 is 4.52 Å². The Hall–Kier alpha value is -1.84. The zero-order chi connectivity index (χ0) is 14.2. The molecule has 0 atom stereocenters. The second kappa shape index (κ2) is 4.62. The summed E-state index contributed by atoms with van der Waals surface area (Å²) in [5.41, 5.74) is 1.15. The maximum Gasteiger partial charge on any atom is 0.321 e. The maximum absolute atomic E-state index is 5.37. The van der Waals surface area contributed by atoms with Crippen molar-refractivity contribution in [3.8, 4) is 0 Å². The van der Waals surface area contributed by atoms with Gasteiger partial charge in [-0.25, -0.2) is 0 Å². The van der Waals surface area contributed by atoms with Crippen molar-refractivity contribution >= 4 is 6.01 Å². The van der Waals surface area contributed by atoms with Crippen molar-refractivity contribution in [1.29, 1.82) is 0 Å². The Balaban J connectivity index is 1.91. The van der Waals surface area contributed by atoms with Gasteiger partial charge in [-0.15, -0.1) is 0 Å². The highest BCUT2D eigenvalue weighted by atomic mass is 16.5. The van der Waals surface area contributed by atoms with E-state index in [1.165, 1.54) is 12.0 Å². The van der Waals surface area contributed by atoms with Crippen LogP contribution in [0.15, 0.2) is 34.9 Å². The highest BCUT2D eigenvalue weighted by Crippen LogP contribution is 2.47. The van der Waals surface area contributed by atoms with E-state index in [9.17, 15) is 0 Å². The summed E-state index contributed by atoms with van der Waals surface area (Å²) in [4.78, 5) is 4.58. The summed E-state index contributed by atoms with van der Waals surface area (Å²) in [7, 11) is 0. The lowest BCUT2D eigenvalue weighted by molar-refractivity contribution is 0.273. The number of anilines is 1. The van der Waals surface area contributed by atoms with Crippen LogP contribution < -0.4 is 5.32 Å².